The third kappa shape index (κ3) is 2.03. The van der Waals surface area contributed by atoms with Crippen LogP contribution in [-0.2, 0) is 4.79 Å². The van der Waals surface area contributed by atoms with Crippen LogP contribution in [0.5, 0.6) is 0 Å². The molecule has 16 heavy (non-hydrogen) atoms. The molecule has 0 aliphatic rings. The molecule has 0 spiro atoms. The minimum absolute atomic E-state index is 0.111. The maximum Gasteiger partial charge on any atom is 0.221 e. The van der Waals surface area contributed by atoms with Crippen LogP contribution in [0.1, 0.15) is 6.92 Å². The number of aromatic amines is 1. The van der Waals surface area contributed by atoms with E-state index in [2.05, 4.69) is 15.3 Å². The lowest BCUT2D eigenvalue weighted by Crippen LogP contribution is -2.06. The number of benzene rings is 1. The molecule has 1 heterocycles. The van der Waals surface area contributed by atoms with Crippen LogP contribution in [-0.4, -0.2) is 15.9 Å². The van der Waals surface area contributed by atoms with Crippen molar-refractivity contribution in [3.63, 3.8) is 0 Å². The Morgan fingerprint density at radius 1 is 1.44 bits per heavy atom. The summed E-state index contributed by atoms with van der Waals surface area (Å²) in [5.74, 6) is 0.243. The average molecular weight is 216 g/mol. The van der Waals surface area contributed by atoms with Crippen LogP contribution in [0.3, 0.4) is 0 Å². The Labute approximate surface area is 92.7 Å². The fourth-order valence-electron chi connectivity index (χ4n) is 1.49. The van der Waals surface area contributed by atoms with E-state index < -0.39 is 0 Å². The van der Waals surface area contributed by atoms with Crippen molar-refractivity contribution >= 4 is 17.5 Å². The normalized spacial score (nSPS) is 10.1. The number of hydrogen-bond donors (Lipinski definition) is 3. The van der Waals surface area contributed by atoms with Gasteiger partial charge < -0.3 is 16.0 Å². The fourth-order valence-corrected chi connectivity index (χ4v) is 1.49. The first-order chi connectivity index (χ1) is 7.66. The molecule has 1 aromatic carbocycles. The number of nitrogens with zero attached hydrogens (tertiary/aromatic N) is 1. The van der Waals surface area contributed by atoms with Crippen molar-refractivity contribution in [3.05, 3.63) is 30.5 Å². The molecule has 1 aromatic heterocycles. The summed E-state index contributed by atoms with van der Waals surface area (Å²) in [5.41, 5.74) is 7.89. The molecule has 2 aromatic rings. The van der Waals surface area contributed by atoms with Crippen molar-refractivity contribution in [1.29, 1.82) is 0 Å². The van der Waals surface area contributed by atoms with Gasteiger partial charge in [-0.15, -0.1) is 0 Å². The second-order valence-corrected chi connectivity index (χ2v) is 3.41. The van der Waals surface area contributed by atoms with Gasteiger partial charge in [-0.25, -0.2) is 4.98 Å². The number of carbonyl (C=O) groups excluding carboxylic acids is 1. The fraction of sp³-hybridized carbons (Fsp3) is 0.0909. The van der Waals surface area contributed by atoms with Crippen LogP contribution in [0.15, 0.2) is 30.5 Å². The van der Waals surface area contributed by atoms with Gasteiger partial charge in [0.15, 0.2) is 5.95 Å². The third-order valence-corrected chi connectivity index (χ3v) is 2.12. The second kappa shape index (κ2) is 4.06. The van der Waals surface area contributed by atoms with Gasteiger partial charge >= 0.3 is 0 Å². The summed E-state index contributed by atoms with van der Waals surface area (Å²) in [6.07, 6.45) is 1.63. The molecule has 0 unspecified atom stereocenters. The van der Waals surface area contributed by atoms with E-state index in [1.54, 1.807) is 6.20 Å². The highest BCUT2D eigenvalue weighted by Crippen LogP contribution is 2.26. The molecular formula is C11H12N4O. The zero-order chi connectivity index (χ0) is 11.5. The van der Waals surface area contributed by atoms with Gasteiger partial charge in [-0.2, -0.15) is 0 Å². The average Bonchev–Trinajstić information content (AvgIpc) is 2.65. The monoisotopic (exact) mass is 216 g/mol. The molecule has 0 bridgehead atoms. The van der Waals surface area contributed by atoms with E-state index in [0.29, 0.717) is 5.95 Å². The summed E-state index contributed by atoms with van der Waals surface area (Å²) in [5, 5.41) is 2.75. The highest BCUT2D eigenvalue weighted by atomic mass is 16.1. The highest BCUT2D eigenvalue weighted by Gasteiger charge is 2.07. The zero-order valence-corrected chi connectivity index (χ0v) is 8.82. The highest BCUT2D eigenvalue weighted by molar-refractivity contribution is 5.93. The number of rotatable bonds is 2. The predicted molar refractivity (Wildman–Crippen MR) is 62.7 cm³/mol. The van der Waals surface area contributed by atoms with Gasteiger partial charge in [0.05, 0.1) is 17.6 Å². The Morgan fingerprint density at radius 2 is 2.19 bits per heavy atom. The number of hydrogen-bond acceptors (Lipinski definition) is 3. The minimum Gasteiger partial charge on any atom is -0.369 e. The quantitative estimate of drug-likeness (QED) is 0.713. The summed E-state index contributed by atoms with van der Waals surface area (Å²) in [4.78, 5) is 17.9. The van der Waals surface area contributed by atoms with E-state index in [1.165, 1.54) is 6.92 Å². The molecule has 0 aliphatic carbocycles. The number of amides is 1. The number of H-pyrrole nitrogens is 1. The molecule has 1 amide bonds. The van der Waals surface area contributed by atoms with Gasteiger partial charge in [-0.1, -0.05) is 18.2 Å². The van der Waals surface area contributed by atoms with Crippen LogP contribution in [0.2, 0.25) is 0 Å². The van der Waals surface area contributed by atoms with Gasteiger partial charge in [0.25, 0.3) is 0 Å². The number of anilines is 2. The molecule has 2 rings (SSSR count). The number of nitrogen functional groups attached to an aromatic ring is 1. The van der Waals surface area contributed by atoms with E-state index in [-0.39, 0.29) is 5.91 Å². The number of nitrogens with two attached hydrogens (primary N) is 1. The van der Waals surface area contributed by atoms with Crippen LogP contribution in [0.4, 0.5) is 11.6 Å². The first-order valence-electron chi connectivity index (χ1n) is 4.84. The Balaban J connectivity index is 2.43. The van der Waals surface area contributed by atoms with E-state index in [4.69, 9.17) is 5.73 Å². The largest absolute Gasteiger partial charge is 0.369 e. The van der Waals surface area contributed by atoms with E-state index >= 15 is 0 Å². The van der Waals surface area contributed by atoms with Crippen molar-refractivity contribution < 1.29 is 4.79 Å². The Morgan fingerprint density at radius 3 is 2.81 bits per heavy atom. The van der Waals surface area contributed by atoms with Gasteiger partial charge in [0, 0.05) is 12.5 Å². The molecular weight excluding hydrogens is 204 g/mol. The second-order valence-electron chi connectivity index (χ2n) is 3.41. The lowest BCUT2D eigenvalue weighted by Gasteiger charge is -2.07. The van der Waals surface area contributed by atoms with Gasteiger partial charge in [-0.3, -0.25) is 4.79 Å². The molecule has 4 N–H and O–H groups in total. The number of nitrogens with one attached hydrogen (secondary N) is 2. The first kappa shape index (κ1) is 10.2. The molecule has 5 nitrogen and oxygen atoms in total. The Bertz CT molecular complexity index is 518. The number of imidazole rings is 1. The topological polar surface area (TPSA) is 83.8 Å². The zero-order valence-electron chi connectivity index (χ0n) is 8.82. The lowest BCUT2D eigenvalue weighted by atomic mass is 10.1. The van der Waals surface area contributed by atoms with Crippen LogP contribution in [0.25, 0.3) is 11.3 Å². The summed E-state index contributed by atoms with van der Waals surface area (Å²) >= 11 is 0. The van der Waals surface area contributed by atoms with Gasteiger partial charge in [-0.05, 0) is 6.07 Å². The van der Waals surface area contributed by atoms with Crippen molar-refractivity contribution in [1.82, 2.24) is 9.97 Å². The summed E-state index contributed by atoms with van der Waals surface area (Å²) in [7, 11) is 0. The standard InChI is InChI=1S/C11H12N4O/c1-7(16)14-9-5-3-2-4-8(9)10-6-13-11(12)15-10/h2-6H,1H3,(H,14,16)(H3,12,13,15). The Hall–Kier alpha value is -2.30. The third-order valence-electron chi connectivity index (χ3n) is 2.12. The summed E-state index contributed by atoms with van der Waals surface area (Å²) in [6.45, 7) is 1.47. The number of para-hydroxylation sites is 1. The van der Waals surface area contributed by atoms with Crippen molar-refractivity contribution in [2.24, 2.45) is 0 Å². The molecule has 0 radical (unpaired) electrons. The summed E-state index contributed by atoms with van der Waals surface area (Å²) in [6, 6.07) is 7.46. The first-order valence-corrected chi connectivity index (χ1v) is 4.84. The smallest absolute Gasteiger partial charge is 0.221 e. The maximum atomic E-state index is 11.0. The molecule has 0 saturated carbocycles. The maximum absolute atomic E-state index is 11.0. The van der Waals surface area contributed by atoms with Crippen molar-refractivity contribution in [3.8, 4) is 11.3 Å². The Kier molecular flexibility index (Phi) is 2.59. The number of carbonyl (C=O) groups is 1. The summed E-state index contributed by atoms with van der Waals surface area (Å²) < 4.78 is 0. The molecule has 0 aliphatic heterocycles. The predicted octanol–water partition coefficient (Wildman–Crippen LogP) is 1.62. The van der Waals surface area contributed by atoms with Crippen molar-refractivity contribution in [2.45, 2.75) is 6.92 Å². The van der Waals surface area contributed by atoms with Crippen LogP contribution < -0.4 is 11.1 Å². The van der Waals surface area contributed by atoms with E-state index in [9.17, 15) is 4.79 Å². The van der Waals surface area contributed by atoms with Gasteiger partial charge in [0.2, 0.25) is 5.91 Å². The molecule has 5 heteroatoms. The molecule has 0 fully saturated rings. The molecule has 0 saturated heterocycles. The van der Waals surface area contributed by atoms with Gasteiger partial charge in [0.1, 0.15) is 0 Å². The number of aromatic nitrogens is 2. The molecule has 0 atom stereocenters. The van der Waals surface area contributed by atoms with Crippen LogP contribution >= 0.6 is 0 Å². The van der Waals surface area contributed by atoms with E-state index in [0.717, 1.165) is 16.9 Å². The SMILES string of the molecule is CC(=O)Nc1ccccc1-c1cnc(N)[nH]1. The van der Waals surface area contributed by atoms with Crippen molar-refractivity contribution in [2.75, 3.05) is 11.1 Å². The van der Waals surface area contributed by atoms with E-state index in [1.807, 2.05) is 24.3 Å². The van der Waals surface area contributed by atoms with Crippen LogP contribution in [0, 0.1) is 0 Å². The lowest BCUT2D eigenvalue weighted by molar-refractivity contribution is -0.114. The minimum atomic E-state index is -0.111. The molecule has 82 valence electrons.